The van der Waals surface area contributed by atoms with Gasteiger partial charge in [0.25, 0.3) is 0 Å². The second-order valence-corrected chi connectivity index (χ2v) is 16.5. The second kappa shape index (κ2) is 10.4. The van der Waals surface area contributed by atoms with Crippen molar-refractivity contribution < 1.29 is 46.3 Å². The highest BCUT2D eigenvalue weighted by Gasteiger charge is 2.65. The molecule has 0 aliphatic carbocycles. The highest BCUT2D eigenvalue weighted by atomic mass is 32.7. The van der Waals surface area contributed by atoms with E-state index in [1.54, 1.807) is 21.8 Å². The summed E-state index contributed by atoms with van der Waals surface area (Å²) in [5.74, 6) is 0.236. The largest absolute Gasteiger partial charge is 0.386 e. The first kappa shape index (κ1) is 29.2. The molecule has 4 N–H and O–H groups in total. The minimum absolute atomic E-state index is 0.0211. The Labute approximate surface area is 258 Å². The van der Waals surface area contributed by atoms with Gasteiger partial charge in [0.2, 0.25) is 11.7 Å². The first-order valence-electron chi connectivity index (χ1n) is 13.4. The van der Waals surface area contributed by atoms with E-state index < -0.39 is 56.0 Å². The number of imidazole rings is 2. The molecule has 0 spiro atoms. The highest BCUT2D eigenvalue weighted by Crippen LogP contribution is 2.60. The zero-order valence-electron chi connectivity index (χ0n) is 22.8. The Morgan fingerprint density at radius 1 is 1.20 bits per heavy atom. The number of nitrogen functional groups attached to an aromatic ring is 1. The average Bonchev–Trinajstić information content (AvgIpc) is 3.79. The lowest BCUT2D eigenvalue weighted by Crippen LogP contribution is -2.46. The Balaban J connectivity index is 1.12. The van der Waals surface area contributed by atoms with Gasteiger partial charge in [0.05, 0.1) is 37.9 Å². The normalized spacial score (nSPS) is 39.2. The summed E-state index contributed by atoms with van der Waals surface area (Å²) in [6.45, 7) is -6.67. The first-order valence-corrected chi connectivity index (χ1v) is 18.7. The molecule has 8 rings (SSSR count). The minimum Gasteiger partial charge on any atom is -0.380 e. The Bertz CT molecular complexity index is 1880. The lowest BCUT2D eigenvalue weighted by Gasteiger charge is -2.32. The van der Waals surface area contributed by atoms with E-state index in [1.165, 1.54) is 12.7 Å². The summed E-state index contributed by atoms with van der Waals surface area (Å²) in [7, 11) is 0. The van der Waals surface area contributed by atoms with Gasteiger partial charge < -0.3 is 29.4 Å². The van der Waals surface area contributed by atoms with Crippen molar-refractivity contribution >= 4 is 65.7 Å². The minimum atomic E-state index is -4.07. The van der Waals surface area contributed by atoms with Gasteiger partial charge >= 0.3 is 19.2 Å². The number of H-pyrrole nitrogens is 1. The summed E-state index contributed by atoms with van der Waals surface area (Å²) in [4.78, 5) is 35.5. The van der Waals surface area contributed by atoms with Crippen LogP contribution in [0.4, 0.5) is 5.82 Å². The molecule has 234 valence electrons. The number of aryl methyl sites for hydroxylation is 1. The van der Waals surface area contributed by atoms with E-state index in [1.807, 2.05) is 6.92 Å². The van der Waals surface area contributed by atoms with Gasteiger partial charge in [0.15, 0.2) is 30.3 Å². The Morgan fingerprint density at radius 3 is 2.91 bits per heavy atom. The van der Waals surface area contributed by atoms with Crippen LogP contribution in [0.25, 0.3) is 22.3 Å². The van der Waals surface area contributed by atoms with E-state index >= 15 is 0 Å². The summed E-state index contributed by atoms with van der Waals surface area (Å²) in [6.07, 6.45) is 1.16. The zero-order valence-corrected chi connectivity index (χ0v) is 26.3. The van der Waals surface area contributed by atoms with Crippen LogP contribution in [-0.2, 0) is 48.7 Å². The number of aromatic nitrogens is 8. The molecular weight excluding hydrogens is 660 g/mol. The third-order valence-corrected chi connectivity index (χ3v) is 11.2. The van der Waals surface area contributed by atoms with Crippen molar-refractivity contribution in [2.45, 2.75) is 55.8 Å². The fourth-order valence-electron chi connectivity index (χ4n) is 6.05. The van der Waals surface area contributed by atoms with E-state index in [0.717, 1.165) is 0 Å². The van der Waals surface area contributed by atoms with Crippen molar-refractivity contribution in [1.29, 1.82) is 0 Å². The molecule has 44 heavy (non-hydrogen) atoms. The monoisotopic (exact) mass is 686 g/mol. The van der Waals surface area contributed by atoms with Gasteiger partial charge in [-0.1, -0.05) is 17.2 Å². The van der Waals surface area contributed by atoms with Gasteiger partial charge in [-0.25, -0.2) is 24.1 Å². The number of nitrogens with two attached hydrogens (primary N) is 1. The third-order valence-electron chi connectivity index (χ3n) is 8.07. The molecular formula is C22H26N9O9P2S2+. The summed E-state index contributed by atoms with van der Waals surface area (Å²) >= 11 is 9.72. The zero-order chi connectivity index (χ0) is 30.4. The maximum Gasteiger partial charge on any atom is 0.386 e. The topological polar surface area (TPSA) is 217 Å². The molecule has 0 aromatic carbocycles. The number of fused-ring (bicyclic) bond motifs is 4. The molecule has 0 saturated carbocycles. The van der Waals surface area contributed by atoms with Crippen molar-refractivity contribution in [2.24, 2.45) is 0 Å². The van der Waals surface area contributed by atoms with Crippen molar-refractivity contribution in [3.63, 3.8) is 0 Å². The summed E-state index contributed by atoms with van der Waals surface area (Å²) in [5.41, 5.74) is 7.30. The van der Waals surface area contributed by atoms with Gasteiger partial charge in [0, 0.05) is 6.42 Å². The van der Waals surface area contributed by atoms with Gasteiger partial charge in [0.1, 0.15) is 35.8 Å². The molecule has 8 heterocycles. The average molecular weight is 687 g/mol. The van der Waals surface area contributed by atoms with Crippen molar-refractivity contribution in [2.75, 3.05) is 25.6 Å². The number of nitrogens with zero attached hydrogens (tertiary/aromatic N) is 7. The van der Waals surface area contributed by atoms with E-state index in [2.05, 4.69) is 42.2 Å². The third kappa shape index (κ3) is 4.80. The molecule has 4 aliphatic rings. The second-order valence-electron chi connectivity index (χ2n) is 10.8. The quantitative estimate of drug-likeness (QED) is 0.131. The number of hydrogen-bond acceptors (Lipinski definition) is 15. The lowest BCUT2D eigenvalue weighted by atomic mass is 10.0. The predicted octanol–water partition coefficient (Wildman–Crippen LogP) is 1.00. The molecule has 4 bridgehead atoms. The molecule has 4 aliphatic heterocycles. The fourth-order valence-corrected chi connectivity index (χ4v) is 9.04. The Kier molecular flexibility index (Phi) is 6.92. The number of thiol groups is 1. The van der Waals surface area contributed by atoms with Crippen molar-refractivity contribution in [3.05, 3.63) is 31.0 Å². The maximum absolute atomic E-state index is 13.7. The molecule has 9 atom stereocenters. The van der Waals surface area contributed by atoms with Crippen molar-refractivity contribution in [3.8, 4) is 0 Å². The van der Waals surface area contributed by atoms with Crippen LogP contribution >= 0.6 is 25.8 Å². The van der Waals surface area contributed by atoms with Crippen LogP contribution < -0.4 is 10.3 Å². The number of hydrogen-bond donors (Lipinski definition) is 4. The predicted molar refractivity (Wildman–Crippen MR) is 154 cm³/mol. The SMILES string of the molecule is Cc1ncnc2c1ncn2[C@@H]1O[C@@]23CO[C@@H]1[C@@H]2OP(O)(=S)OC[C@@H]1C[C@@H](OP(=O)(S)OC3)[C@H]([n+]2c[nH]c3c(N)ncnc32)O1. The van der Waals surface area contributed by atoms with Gasteiger partial charge in [-0.2, -0.15) is 4.98 Å². The molecule has 4 saturated heterocycles. The number of ether oxygens (including phenoxy) is 3. The van der Waals surface area contributed by atoms with Gasteiger partial charge in [-0.05, 0) is 18.7 Å². The number of rotatable bonds is 2. The smallest absolute Gasteiger partial charge is 0.380 e. The van der Waals surface area contributed by atoms with Crippen LogP contribution in [0.1, 0.15) is 24.6 Å². The molecule has 0 amide bonds. The number of aromatic amines is 1. The summed E-state index contributed by atoms with van der Waals surface area (Å²) in [5, 5.41) is 0. The van der Waals surface area contributed by atoms with E-state index in [9.17, 15) is 9.46 Å². The summed E-state index contributed by atoms with van der Waals surface area (Å²) in [6, 6.07) is 0. The van der Waals surface area contributed by atoms with Crippen molar-refractivity contribution in [1.82, 2.24) is 34.5 Å². The molecule has 22 heteroatoms. The van der Waals surface area contributed by atoms with Crippen LogP contribution in [0.15, 0.2) is 25.3 Å². The molecule has 18 nitrogen and oxygen atoms in total. The lowest BCUT2D eigenvalue weighted by molar-refractivity contribution is -0.744. The Hall–Kier alpha value is -2.19. The van der Waals surface area contributed by atoms with E-state index in [-0.39, 0.29) is 32.1 Å². The standard InChI is InChI=1S/C22H25N9O9P2S2/c1-10-13-18(26-6-24-10)31(8-28-13)21-15-16-22(38-21,4-34-15)5-36-42(33,44)39-12-2-11(3-35-41(32,43)40-16)37-20(12)30-9-29-14-17(23)25-7-27-19(14)30/h6-9,11-12,15-16,20-21H,2-5H2,1H3,(H4,23,25,27,32,33,43,44)/p+1/t11-,12+,15+,16-,20+,21+,22+,41?,42?/m0/s1. The van der Waals surface area contributed by atoms with E-state index in [4.69, 9.17) is 49.8 Å². The van der Waals surface area contributed by atoms with Crippen LogP contribution in [-0.4, -0.2) is 89.2 Å². The van der Waals surface area contributed by atoms with Gasteiger partial charge in [-0.15, -0.1) is 0 Å². The van der Waals surface area contributed by atoms with Crippen LogP contribution in [0.3, 0.4) is 0 Å². The Morgan fingerprint density at radius 2 is 2.05 bits per heavy atom. The number of anilines is 1. The van der Waals surface area contributed by atoms with Crippen LogP contribution in [0.5, 0.6) is 0 Å². The van der Waals surface area contributed by atoms with Gasteiger partial charge in [-0.3, -0.25) is 23.1 Å². The first-order chi connectivity index (χ1) is 21.0. The number of nitrogens with one attached hydrogen (secondary N) is 1. The molecule has 4 aromatic rings. The molecule has 4 aromatic heterocycles. The maximum atomic E-state index is 13.7. The van der Waals surface area contributed by atoms with Crippen LogP contribution in [0.2, 0.25) is 0 Å². The molecule has 4 fully saturated rings. The summed E-state index contributed by atoms with van der Waals surface area (Å²) < 4.78 is 59.5. The highest BCUT2D eigenvalue weighted by molar-refractivity contribution is 8.44. The molecule has 0 radical (unpaired) electrons. The van der Waals surface area contributed by atoms with E-state index in [0.29, 0.717) is 28.0 Å². The fraction of sp³-hybridized carbons (Fsp3) is 0.545. The van der Waals surface area contributed by atoms with Crippen LogP contribution in [0, 0.1) is 6.92 Å². The molecule has 2 unspecified atom stereocenters.